The number of carboxylic acids is 1. The summed E-state index contributed by atoms with van der Waals surface area (Å²) in [4.78, 5) is 10.6. The van der Waals surface area contributed by atoms with E-state index < -0.39 is 5.97 Å². The molecule has 0 spiro atoms. The highest BCUT2D eigenvalue weighted by molar-refractivity contribution is 5.85. The van der Waals surface area contributed by atoms with Gasteiger partial charge in [0.2, 0.25) is 0 Å². The van der Waals surface area contributed by atoms with Crippen LogP contribution in [0.15, 0.2) is 24.3 Å². The Morgan fingerprint density at radius 3 is 2.84 bits per heavy atom. The van der Waals surface area contributed by atoms with Crippen molar-refractivity contribution in [3.63, 3.8) is 0 Å². The Bertz CT molecular complexity index is 449. The SMILES string of the molecule is CCCC(C)COc1ccc(C)cc1C=CC(=O)O. The maximum Gasteiger partial charge on any atom is 0.328 e. The molecule has 0 radical (unpaired) electrons. The minimum atomic E-state index is -0.952. The second-order valence-electron chi connectivity index (χ2n) is 4.92. The van der Waals surface area contributed by atoms with E-state index in [4.69, 9.17) is 9.84 Å². The lowest BCUT2D eigenvalue weighted by Crippen LogP contribution is -2.08. The van der Waals surface area contributed by atoms with Gasteiger partial charge in [-0.3, -0.25) is 0 Å². The van der Waals surface area contributed by atoms with Crippen LogP contribution < -0.4 is 4.74 Å². The lowest BCUT2D eigenvalue weighted by atomic mass is 10.1. The second-order valence-corrected chi connectivity index (χ2v) is 4.92. The van der Waals surface area contributed by atoms with Crippen LogP contribution in [-0.2, 0) is 4.79 Å². The number of ether oxygens (including phenoxy) is 1. The molecule has 0 aliphatic rings. The summed E-state index contributed by atoms with van der Waals surface area (Å²) in [6.45, 7) is 6.94. The Morgan fingerprint density at radius 2 is 2.21 bits per heavy atom. The Kier molecular flexibility index (Phi) is 6.13. The molecule has 1 unspecified atom stereocenters. The first-order chi connectivity index (χ1) is 9.02. The molecule has 0 amide bonds. The second kappa shape index (κ2) is 7.62. The summed E-state index contributed by atoms with van der Waals surface area (Å²) in [7, 11) is 0. The van der Waals surface area contributed by atoms with Crippen LogP contribution in [0.25, 0.3) is 6.08 Å². The topological polar surface area (TPSA) is 46.5 Å². The number of aryl methyl sites for hydroxylation is 1. The third-order valence-electron chi connectivity index (χ3n) is 2.88. The number of carboxylic acid groups (broad SMARTS) is 1. The number of aliphatic carboxylic acids is 1. The lowest BCUT2D eigenvalue weighted by molar-refractivity contribution is -0.131. The summed E-state index contributed by atoms with van der Waals surface area (Å²) in [5.74, 6) is 0.292. The summed E-state index contributed by atoms with van der Waals surface area (Å²) in [6, 6.07) is 5.80. The molecule has 1 aromatic carbocycles. The van der Waals surface area contributed by atoms with Crippen molar-refractivity contribution in [1.29, 1.82) is 0 Å². The average Bonchev–Trinajstić information content (AvgIpc) is 2.35. The minimum absolute atomic E-state index is 0.502. The highest BCUT2D eigenvalue weighted by Gasteiger charge is 2.05. The van der Waals surface area contributed by atoms with Crippen molar-refractivity contribution in [3.05, 3.63) is 35.4 Å². The van der Waals surface area contributed by atoms with Crippen LogP contribution in [-0.4, -0.2) is 17.7 Å². The van der Waals surface area contributed by atoms with Gasteiger partial charge in [-0.25, -0.2) is 4.79 Å². The first-order valence-electron chi connectivity index (χ1n) is 6.67. The number of hydrogen-bond donors (Lipinski definition) is 1. The van der Waals surface area contributed by atoms with Crippen LogP contribution in [0.5, 0.6) is 5.75 Å². The molecule has 1 N–H and O–H groups in total. The molecule has 0 saturated carbocycles. The highest BCUT2D eigenvalue weighted by Crippen LogP contribution is 2.22. The summed E-state index contributed by atoms with van der Waals surface area (Å²) in [5.41, 5.74) is 1.89. The molecule has 1 atom stereocenters. The zero-order chi connectivity index (χ0) is 14.3. The fourth-order valence-corrected chi connectivity index (χ4v) is 1.90. The van der Waals surface area contributed by atoms with Crippen molar-refractivity contribution in [3.8, 4) is 5.75 Å². The van der Waals surface area contributed by atoms with Gasteiger partial charge in [-0.05, 0) is 37.5 Å². The fraction of sp³-hybridized carbons (Fsp3) is 0.438. The largest absolute Gasteiger partial charge is 0.493 e. The van der Waals surface area contributed by atoms with Gasteiger partial charge in [-0.15, -0.1) is 0 Å². The maximum atomic E-state index is 10.6. The Balaban J connectivity index is 2.79. The third-order valence-corrected chi connectivity index (χ3v) is 2.88. The van der Waals surface area contributed by atoms with Gasteiger partial charge in [-0.1, -0.05) is 31.9 Å². The average molecular weight is 262 g/mol. The molecular weight excluding hydrogens is 240 g/mol. The summed E-state index contributed by atoms with van der Waals surface area (Å²) < 4.78 is 5.79. The Labute approximate surface area is 114 Å². The van der Waals surface area contributed by atoms with E-state index in [0.29, 0.717) is 12.5 Å². The number of benzene rings is 1. The van der Waals surface area contributed by atoms with E-state index in [0.717, 1.165) is 35.8 Å². The van der Waals surface area contributed by atoms with E-state index in [1.165, 1.54) is 0 Å². The van der Waals surface area contributed by atoms with Crippen molar-refractivity contribution in [1.82, 2.24) is 0 Å². The molecule has 0 bridgehead atoms. The zero-order valence-electron chi connectivity index (χ0n) is 11.8. The Hall–Kier alpha value is -1.77. The van der Waals surface area contributed by atoms with Crippen LogP contribution >= 0.6 is 0 Å². The van der Waals surface area contributed by atoms with Crippen molar-refractivity contribution < 1.29 is 14.6 Å². The first kappa shape index (κ1) is 15.3. The van der Waals surface area contributed by atoms with Gasteiger partial charge >= 0.3 is 5.97 Å². The van der Waals surface area contributed by atoms with Crippen molar-refractivity contribution in [2.75, 3.05) is 6.61 Å². The molecule has 0 fully saturated rings. The van der Waals surface area contributed by atoms with E-state index in [-0.39, 0.29) is 0 Å². The van der Waals surface area contributed by atoms with Crippen molar-refractivity contribution in [2.45, 2.75) is 33.6 Å². The predicted octanol–water partition coefficient (Wildman–Crippen LogP) is 3.91. The molecule has 19 heavy (non-hydrogen) atoms. The fourth-order valence-electron chi connectivity index (χ4n) is 1.90. The van der Waals surface area contributed by atoms with Crippen molar-refractivity contribution in [2.24, 2.45) is 5.92 Å². The van der Waals surface area contributed by atoms with Gasteiger partial charge in [0, 0.05) is 11.6 Å². The molecule has 1 aromatic rings. The van der Waals surface area contributed by atoms with Crippen LogP contribution in [0.1, 0.15) is 37.8 Å². The zero-order valence-corrected chi connectivity index (χ0v) is 11.8. The quantitative estimate of drug-likeness (QED) is 0.758. The summed E-state index contributed by atoms with van der Waals surface area (Å²) >= 11 is 0. The molecule has 1 rings (SSSR count). The molecule has 0 saturated heterocycles. The molecule has 0 aromatic heterocycles. The third kappa shape index (κ3) is 5.60. The van der Waals surface area contributed by atoms with Crippen LogP contribution in [0, 0.1) is 12.8 Å². The van der Waals surface area contributed by atoms with Crippen LogP contribution in [0.2, 0.25) is 0 Å². The number of carbonyl (C=O) groups is 1. The highest BCUT2D eigenvalue weighted by atomic mass is 16.5. The van der Waals surface area contributed by atoms with E-state index in [1.54, 1.807) is 6.08 Å². The molecule has 0 aliphatic heterocycles. The van der Waals surface area contributed by atoms with Crippen LogP contribution in [0.3, 0.4) is 0 Å². The predicted molar refractivity (Wildman–Crippen MR) is 77.4 cm³/mol. The molecule has 3 nitrogen and oxygen atoms in total. The first-order valence-corrected chi connectivity index (χ1v) is 6.67. The van der Waals surface area contributed by atoms with Crippen molar-refractivity contribution >= 4 is 12.0 Å². The van der Waals surface area contributed by atoms with E-state index >= 15 is 0 Å². The molecule has 3 heteroatoms. The van der Waals surface area contributed by atoms with Gasteiger partial charge in [0.05, 0.1) is 6.61 Å². The Morgan fingerprint density at radius 1 is 1.47 bits per heavy atom. The van der Waals surface area contributed by atoms with Gasteiger partial charge in [0.15, 0.2) is 0 Å². The minimum Gasteiger partial charge on any atom is -0.493 e. The van der Waals surface area contributed by atoms with Crippen LogP contribution in [0.4, 0.5) is 0 Å². The normalized spacial score (nSPS) is 12.6. The standard InChI is InChI=1S/C16H22O3/c1-4-5-13(3)11-19-15-8-6-12(2)10-14(15)7-9-16(17)18/h6-10,13H,4-5,11H2,1-3H3,(H,17,18). The van der Waals surface area contributed by atoms with Gasteiger partial charge in [0.25, 0.3) is 0 Å². The lowest BCUT2D eigenvalue weighted by Gasteiger charge is -2.14. The smallest absolute Gasteiger partial charge is 0.328 e. The number of hydrogen-bond acceptors (Lipinski definition) is 2. The molecule has 0 heterocycles. The summed E-state index contributed by atoms with van der Waals surface area (Å²) in [5, 5.41) is 8.70. The molecule has 0 aliphatic carbocycles. The van der Waals surface area contributed by atoms with E-state index in [9.17, 15) is 4.79 Å². The maximum absolute atomic E-state index is 10.6. The molecular formula is C16H22O3. The van der Waals surface area contributed by atoms with Gasteiger partial charge < -0.3 is 9.84 Å². The van der Waals surface area contributed by atoms with Gasteiger partial charge in [-0.2, -0.15) is 0 Å². The van der Waals surface area contributed by atoms with E-state index in [1.807, 2.05) is 25.1 Å². The van der Waals surface area contributed by atoms with Gasteiger partial charge in [0.1, 0.15) is 5.75 Å². The monoisotopic (exact) mass is 262 g/mol. The molecule has 104 valence electrons. The summed E-state index contributed by atoms with van der Waals surface area (Å²) in [6.07, 6.45) is 4.99. The number of rotatable bonds is 7. The van der Waals surface area contributed by atoms with E-state index in [2.05, 4.69) is 13.8 Å².